The van der Waals surface area contributed by atoms with Crippen LogP contribution < -0.4 is 0 Å². The van der Waals surface area contributed by atoms with Crippen LogP contribution in [0.4, 0.5) is 0 Å². The minimum atomic E-state index is -0.307. The molecule has 0 N–H and O–H groups in total. The van der Waals surface area contributed by atoms with E-state index in [1.807, 2.05) is 0 Å². The van der Waals surface area contributed by atoms with Gasteiger partial charge in [0.25, 0.3) is 0 Å². The standard InChI is InChI=1S/C15H28O2.C13H24O2/c1-3-5-6-7-8-9-10-11-12-13-14-17-15(16)4-2;1-3-5-6-7-8-9-10-11-12-15-13(14)4-2/h4H,2-3,5-14H2,1H3;4H,2-3,5-12H2,1H3. The Labute approximate surface area is 199 Å². The van der Waals surface area contributed by atoms with E-state index < -0.39 is 0 Å². The molecule has 0 aliphatic carbocycles. The van der Waals surface area contributed by atoms with E-state index in [2.05, 4.69) is 27.0 Å². The number of hydrogen-bond donors (Lipinski definition) is 0. The Kier molecular flexibility index (Phi) is 30.0. The molecule has 4 heteroatoms. The van der Waals surface area contributed by atoms with Crippen LogP contribution in [0, 0.1) is 0 Å². The third-order valence-electron chi connectivity index (χ3n) is 5.32. The molecule has 0 aromatic heterocycles. The number of unbranched alkanes of at least 4 members (excludes halogenated alkanes) is 16. The van der Waals surface area contributed by atoms with E-state index in [4.69, 9.17) is 9.47 Å². The molecule has 4 nitrogen and oxygen atoms in total. The highest BCUT2D eigenvalue weighted by atomic mass is 16.5. The van der Waals surface area contributed by atoms with Crippen LogP contribution in [0.15, 0.2) is 25.3 Å². The van der Waals surface area contributed by atoms with Gasteiger partial charge in [0.1, 0.15) is 0 Å². The fourth-order valence-electron chi connectivity index (χ4n) is 3.29. The molecule has 0 radical (unpaired) electrons. The average molecular weight is 453 g/mol. The summed E-state index contributed by atoms with van der Waals surface area (Å²) in [6.07, 6.45) is 25.5. The van der Waals surface area contributed by atoms with Crippen LogP contribution in [-0.2, 0) is 19.1 Å². The first-order valence-electron chi connectivity index (χ1n) is 13.2. The molecule has 32 heavy (non-hydrogen) atoms. The molecule has 0 aliphatic rings. The first kappa shape index (κ1) is 32.6. The van der Waals surface area contributed by atoms with Gasteiger partial charge in [-0.3, -0.25) is 0 Å². The molecule has 0 heterocycles. The van der Waals surface area contributed by atoms with E-state index in [1.165, 1.54) is 108 Å². The Bertz CT molecular complexity index is 431. The van der Waals surface area contributed by atoms with Crippen LogP contribution in [0.25, 0.3) is 0 Å². The largest absolute Gasteiger partial charge is 0.463 e. The third-order valence-corrected chi connectivity index (χ3v) is 5.32. The smallest absolute Gasteiger partial charge is 0.330 e. The summed E-state index contributed by atoms with van der Waals surface area (Å²) in [5.41, 5.74) is 0. The number of hydrogen-bond acceptors (Lipinski definition) is 4. The predicted molar refractivity (Wildman–Crippen MR) is 137 cm³/mol. The van der Waals surface area contributed by atoms with E-state index in [-0.39, 0.29) is 11.9 Å². The second-order valence-corrected chi connectivity index (χ2v) is 8.40. The van der Waals surface area contributed by atoms with E-state index >= 15 is 0 Å². The van der Waals surface area contributed by atoms with Crippen molar-refractivity contribution < 1.29 is 19.1 Å². The summed E-state index contributed by atoms with van der Waals surface area (Å²) in [6, 6.07) is 0. The molecular formula is C28H52O4. The lowest BCUT2D eigenvalue weighted by molar-refractivity contribution is -0.138. The van der Waals surface area contributed by atoms with Gasteiger partial charge in [-0.15, -0.1) is 0 Å². The van der Waals surface area contributed by atoms with Gasteiger partial charge in [-0.05, 0) is 12.8 Å². The van der Waals surface area contributed by atoms with Crippen molar-refractivity contribution >= 4 is 11.9 Å². The summed E-state index contributed by atoms with van der Waals surface area (Å²) in [6.45, 7) is 12.3. The van der Waals surface area contributed by atoms with Crippen molar-refractivity contribution in [3.05, 3.63) is 25.3 Å². The minimum absolute atomic E-state index is 0.305. The summed E-state index contributed by atoms with van der Waals surface area (Å²) < 4.78 is 9.79. The maximum Gasteiger partial charge on any atom is 0.330 e. The zero-order valence-electron chi connectivity index (χ0n) is 21.3. The van der Waals surface area contributed by atoms with Gasteiger partial charge < -0.3 is 9.47 Å². The molecule has 0 amide bonds. The molecule has 0 unspecified atom stereocenters. The first-order chi connectivity index (χ1) is 15.6. The zero-order chi connectivity index (χ0) is 24.1. The molecule has 0 saturated heterocycles. The van der Waals surface area contributed by atoms with Crippen LogP contribution in [0.3, 0.4) is 0 Å². The quantitative estimate of drug-likeness (QED) is 0.0938. The molecule has 0 saturated carbocycles. The summed E-state index contributed by atoms with van der Waals surface area (Å²) in [5.74, 6) is -0.612. The van der Waals surface area contributed by atoms with Crippen molar-refractivity contribution in [2.24, 2.45) is 0 Å². The number of ether oxygens (including phenoxy) is 2. The first-order valence-corrected chi connectivity index (χ1v) is 13.2. The van der Waals surface area contributed by atoms with Crippen molar-refractivity contribution in [3.63, 3.8) is 0 Å². The summed E-state index contributed by atoms with van der Waals surface area (Å²) in [4.78, 5) is 21.4. The lowest BCUT2D eigenvalue weighted by Crippen LogP contribution is -2.01. The predicted octanol–water partition coefficient (Wildman–Crippen LogP) is 8.49. The Hall–Kier alpha value is -1.58. The Morgan fingerprint density at radius 1 is 0.500 bits per heavy atom. The molecule has 0 spiro atoms. The highest BCUT2D eigenvalue weighted by Gasteiger charge is 1.96. The van der Waals surface area contributed by atoms with Crippen LogP contribution >= 0.6 is 0 Å². The van der Waals surface area contributed by atoms with E-state index in [9.17, 15) is 9.59 Å². The monoisotopic (exact) mass is 452 g/mol. The molecule has 0 bridgehead atoms. The zero-order valence-corrected chi connectivity index (χ0v) is 21.3. The number of carbonyl (C=O) groups is 2. The second-order valence-electron chi connectivity index (χ2n) is 8.40. The van der Waals surface area contributed by atoms with Crippen molar-refractivity contribution in [3.8, 4) is 0 Å². The van der Waals surface area contributed by atoms with E-state index in [0.29, 0.717) is 13.2 Å². The molecule has 188 valence electrons. The van der Waals surface area contributed by atoms with Gasteiger partial charge in [-0.2, -0.15) is 0 Å². The Morgan fingerprint density at radius 2 is 0.750 bits per heavy atom. The highest BCUT2D eigenvalue weighted by Crippen LogP contribution is 2.10. The molecule has 0 aromatic carbocycles. The van der Waals surface area contributed by atoms with Crippen LogP contribution in [0.2, 0.25) is 0 Å². The summed E-state index contributed by atoms with van der Waals surface area (Å²) in [7, 11) is 0. The second kappa shape index (κ2) is 29.4. The van der Waals surface area contributed by atoms with Crippen LogP contribution in [-0.4, -0.2) is 25.2 Å². The van der Waals surface area contributed by atoms with Crippen molar-refractivity contribution in [1.29, 1.82) is 0 Å². The fraction of sp³-hybridized carbons (Fsp3) is 0.786. The number of carbonyl (C=O) groups excluding carboxylic acids is 2. The van der Waals surface area contributed by atoms with Crippen molar-refractivity contribution in [1.82, 2.24) is 0 Å². The van der Waals surface area contributed by atoms with E-state index in [1.54, 1.807) is 0 Å². The van der Waals surface area contributed by atoms with Gasteiger partial charge in [0.05, 0.1) is 13.2 Å². The number of esters is 2. The van der Waals surface area contributed by atoms with Gasteiger partial charge in [0.15, 0.2) is 0 Å². The van der Waals surface area contributed by atoms with Crippen LogP contribution in [0.5, 0.6) is 0 Å². The lowest BCUT2D eigenvalue weighted by Gasteiger charge is -2.03. The molecule has 0 atom stereocenters. The maximum atomic E-state index is 10.7. The Balaban J connectivity index is 0. The molecule has 0 fully saturated rings. The molecular weight excluding hydrogens is 400 g/mol. The topological polar surface area (TPSA) is 52.6 Å². The third kappa shape index (κ3) is 30.6. The van der Waals surface area contributed by atoms with Gasteiger partial charge in [0.2, 0.25) is 0 Å². The number of rotatable bonds is 22. The maximum absolute atomic E-state index is 10.7. The summed E-state index contributed by atoms with van der Waals surface area (Å²) in [5, 5.41) is 0. The normalized spacial score (nSPS) is 10.1. The molecule has 0 rings (SSSR count). The van der Waals surface area contributed by atoms with Crippen molar-refractivity contribution in [2.75, 3.05) is 13.2 Å². The SMILES string of the molecule is C=CC(=O)OCCCCCCCCCC.C=CC(=O)OCCCCCCCCCCCC. The lowest BCUT2D eigenvalue weighted by atomic mass is 10.1. The Morgan fingerprint density at radius 3 is 1.00 bits per heavy atom. The molecule has 0 aromatic rings. The van der Waals surface area contributed by atoms with Gasteiger partial charge >= 0.3 is 11.9 Å². The fourth-order valence-corrected chi connectivity index (χ4v) is 3.29. The van der Waals surface area contributed by atoms with Crippen molar-refractivity contribution in [2.45, 2.75) is 129 Å². The van der Waals surface area contributed by atoms with Gasteiger partial charge in [-0.1, -0.05) is 130 Å². The van der Waals surface area contributed by atoms with E-state index in [0.717, 1.165) is 19.3 Å². The van der Waals surface area contributed by atoms with Gasteiger partial charge in [0, 0.05) is 12.2 Å². The minimum Gasteiger partial charge on any atom is -0.463 e. The highest BCUT2D eigenvalue weighted by molar-refractivity contribution is 5.81. The van der Waals surface area contributed by atoms with Crippen LogP contribution in [0.1, 0.15) is 129 Å². The molecule has 0 aliphatic heterocycles. The summed E-state index contributed by atoms with van der Waals surface area (Å²) >= 11 is 0. The van der Waals surface area contributed by atoms with Gasteiger partial charge in [-0.25, -0.2) is 9.59 Å². The average Bonchev–Trinajstić information content (AvgIpc) is 2.81.